The molecule has 1 amide bonds. The Bertz CT molecular complexity index is 1140. The third kappa shape index (κ3) is 4.61. The SMILES string of the molecule is C#C[C@]1(O)CCC2[C@@H]3CCC4=C/C(=N/OCC(=O)NCCc5ccc(F)cc5)CC[C@]4(C)C3CC[C@@]21C. The van der Waals surface area contributed by atoms with Crippen LogP contribution < -0.4 is 5.32 Å². The van der Waals surface area contributed by atoms with Crippen molar-refractivity contribution in [3.63, 3.8) is 0 Å². The molecule has 2 N–H and O–H groups in total. The van der Waals surface area contributed by atoms with Crippen molar-refractivity contribution in [2.75, 3.05) is 13.2 Å². The summed E-state index contributed by atoms with van der Waals surface area (Å²) in [6.45, 7) is 5.01. The molecule has 5 rings (SSSR count). The van der Waals surface area contributed by atoms with Gasteiger partial charge >= 0.3 is 0 Å². The highest BCUT2D eigenvalue weighted by Crippen LogP contribution is 2.67. The molecule has 4 aliphatic carbocycles. The summed E-state index contributed by atoms with van der Waals surface area (Å²) in [5, 5.41) is 18.3. The van der Waals surface area contributed by atoms with Gasteiger partial charge in [-0.1, -0.05) is 42.6 Å². The Labute approximate surface area is 219 Å². The van der Waals surface area contributed by atoms with E-state index >= 15 is 0 Å². The van der Waals surface area contributed by atoms with Gasteiger partial charge in [0.1, 0.15) is 11.4 Å². The number of rotatable bonds is 6. The second kappa shape index (κ2) is 9.91. The van der Waals surface area contributed by atoms with E-state index in [2.05, 4.69) is 36.3 Å². The van der Waals surface area contributed by atoms with Gasteiger partial charge in [-0.05, 0) is 105 Å². The topological polar surface area (TPSA) is 70.9 Å². The van der Waals surface area contributed by atoms with E-state index < -0.39 is 5.60 Å². The number of carbonyl (C=O) groups is 1. The molecule has 1 aromatic rings. The highest BCUT2D eigenvalue weighted by atomic mass is 19.1. The summed E-state index contributed by atoms with van der Waals surface area (Å²) in [5.41, 5.74) is 2.36. The number of hydrogen-bond donors (Lipinski definition) is 2. The fraction of sp³-hybridized carbons (Fsp3) is 0.613. The highest BCUT2D eigenvalue weighted by Gasteiger charge is 2.63. The van der Waals surface area contributed by atoms with Crippen molar-refractivity contribution < 1.29 is 19.1 Å². The van der Waals surface area contributed by atoms with E-state index in [0.717, 1.165) is 62.6 Å². The van der Waals surface area contributed by atoms with Crippen LogP contribution in [-0.4, -0.2) is 35.5 Å². The lowest BCUT2D eigenvalue weighted by Crippen LogP contribution is -2.54. The Hall–Kier alpha value is -2.65. The molecule has 0 bridgehead atoms. The Morgan fingerprint density at radius 2 is 1.92 bits per heavy atom. The molecule has 2 unspecified atom stereocenters. The fourth-order valence-electron chi connectivity index (χ4n) is 8.12. The third-order valence-electron chi connectivity index (χ3n) is 10.4. The average Bonchev–Trinajstić information content (AvgIpc) is 3.16. The summed E-state index contributed by atoms with van der Waals surface area (Å²) in [4.78, 5) is 17.6. The van der Waals surface area contributed by atoms with Crippen molar-refractivity contribution in [1.29, 1.82) is 0 Å². The number of hydrogen-bond acceptors (Lipinski definition) is 4. The molecule has 0 heterocycles. The summed E-state index contributed by atoms with van der Waals surface area (Å²) in [6, 6.07) is 6.29. The molecule has 0 radical (unpaired) electrons. The number of aliphatic hydroxyl groups is 1. The van der Waals surface area contributed by atoms with Crippen molar-refractivity contribution in [3.05, 3.63) is 47.3 Å². The van der Waals surface area contributed by atoms with Crippen molar-refractivity contribution in [1.82, 2.24) is 5.32 Å². The average molecular weight is 507 g/mol. The van der Waals surface area contributed by atoms with E-state index in [1.165, 1.54) is 17.7 Å². The van der Waals surface area contributed by atoms with Gasteiger partial charge in [0.2, 0.25) is 0 Å². The van der Waals surface area contributed by atoms with Crippen LogP contribution in [0.4, 0.5) is 4.39 Å². The molecule has 0 saturated heterocycles. The molecule has 0 aliphatic heterocycles. The number of fused-ring (bicyclic) bond motifs is 5. The van der Waals surface area contributed by atoms with Gasteiger partial charge in [0.25, 0.3) is 5.91 Å². The van der Waals surface area contributed by atoms with Crippen LogP contribution >= 0.6 is 0 Å². The second-order valence-corrected chi connectivity index (χ2v) is 12.1. The fourth-order valence-corrected chi connectivity index (χ4v) is 8.12. The molecule has 198 valence electrons. The molecule has 6 atom stereocenters. The van der Waals surface area contributed by atoms with Crippen molar-refractivity contribution >= 4 is 11.6 Å². The first kappa shape index (κ1) is 26.0. The molecule has 4 aliphatic rings. The summed E-state index contributed by atoms with van der Waals surface area (Å²) < 4.78 is 13.0. The van der Waals surface area contributed by atoms with Gasteiger partial charge in [0.15, 0.2) is 6.61 Å². The minimum atomic E-state index is -0.962. The third-order valence-corrected chi connectivity index (χ3v) is 10.4. The van der Waals surface area contributed by atoms with Crippen LogP contribution in [0.25, 0.3) is 0 Å². The number of nitrogens with one attached hydrogen (secondary N) is 1. The largest absolute Gasteiger partial charge is 0.385 e. The molecule has 37 heavy (non-hydrogen) atoms. The van der Waals surface area contributed by atoms with Gasteiger partial charge in [0, 0.05) is 12.0 Å². The Balaban J connectivity index is 1.16. The van der Waals surface area contributed by atoms with Crippen LogP contribution in [0.15, 0.2) is 41.1 Å². The monoisotopic (exact) mass is 506 g/mol. The van der Waals surface area contributed by atoms with E-state index in [9.17, 15) is 14.3 Å². The van der Waals surface area contributed by atoms with Crippen molar-refractivity contribution in [3.8, 4) is 12.3 Å². The van der Waals surface area contributed by atoms with E-state index in [0.29, 0.717) is 30.7 Å². The first-order chi connectivity index (χ1) is 17.7. The summed E-state index contributed by atoms with van der Waals surface area (Å²) >= 11 is 0. The summed E-state index contributed by atoms with van der Waals surface area (Å²) in [7, 11) is 0. The summed E-state index contributed by atoms with van der Waals surface area (Å²) in [5.74, 6) is 4.00. The van der Waals surface area contributed by atoms with E-state index in [1.54, 1.807) is 12.1 Å². The molecule has 0 spiro atoms. The first-order valence-electron chi connectivity index (χ1n) is 13.8. The normalized spacial score (nSPS) is 37.5. The maximum absolute atomic E-state index is 13.0. The lowest BCUT2D eigenvalue weighted by atomic mass is 9.46. The molecular formula is C31H39FN2O3. The van der Waals surface area contributed by atoms with E-state index in [-0.39, 0.29) is 29.2 Å². The lowest BCUT2D eigenvalue weighted by Gasteiger charge is -2.58. The van der Waals surface area contributed by atoms with Crippen LogP contribution in [0.2, 0.25) is 0 Å². The first-order valence-corrected chi connectivity index (χ1v) is 13.8. The maximum atomic E-state index is 13.0. The molecule has 6 heteroatoms. The lowest BCUT2D eigenvalue weighted by molar-refractivity contribution is -0.125. The van der Waals surface area contributed by atoms with E-state index in [4.69, 9.17) is 11.3 Å². The quantitative estimate of drug-likeness (QED) is 0.412. The zero-order chi connectivity index (χ0) is 26.3. The number of nitrogens with zero attached hydrogens (tertiary/aromatic N) is 1. The second-order valence-electron chi connectivity index (χ2n) is 12.1. The van der Waals surface area contributed by atoms with Crippen LogP contribution in [0, 0.1) is 46.7 Å². The number of allylic oxidation sites excluding steroid dienone is 2. The minimum absolute atomic E-state index is 0.115. The number of benzene rings is 1. The van der Waals surface area contributed by atoms with Gasteiger partial charge in [-0.3, -0.25) is 4.79 Å². The Morgan fingerprint density at radius 1 is 1.16 bits per heavy atom. The molecule has 5 nitrogen and oxygen atoms in total. The van der Waals surface area contributed by atoms with Gasteiger partial charge < -0.3 is 15.3 Å². The zero-order valence-corrected chi connectivity index (χ0v) is 22.1. The number of amides is 1. The van der Waals surface area contributed by atoms with Crippen LogP contribution in [0.1, 0.15) is 70.8 Å². The number of terminal acetylenes is 1. The van der Waals surface area contributed by atoms with Gasteiger partial charge in [0.05, 0.1) is 5.71 Å². The summed E-state index contributed by atoms with van der Waals surface area (Å²) in [6.07, 6.45) is 16.6. The predicted octanol–water partition coefficient (Wildman–Crippen LogP) is 5.18. The molecule has 3 saturated carbocycles. The predicted molar refractivity (Wildman–Crippen MR) is 142 cm³/mol. The van der Waals surface area contributed by atoms with Crippen LogP contribution in [-0.2, 0) is 16.1 Å². The number of carbonyl (C=O) groups excluding carboxylic acids is 1. The maximum Gasteiger partial charge on any atom is 0.260 e. The number of halogens is 1. The standard InChI is InChI=1S/C31H39FN2O3/c1-4-31(36)17-13-27-25-10-7-22-19-24(11-15-29(22,2)26(25)12-16-30(27,31)3)34-37-20-28(35)33-18-14-21-5-8-23(32)9-6-21/h1,5-6,8-9,19,25-27,36H,7,10-18,20H2,2-3H3,(H,33,35)/b34-24+/t25-,26?,27?,29+,30+,31+/m1/s1. The van der Waals surface area contributed by atoms with Crippen molar-refractivity contribution in [2.24, 2.45) is 33.7 Å². The number of oxime groups is 1. The van der Waals surface area contributed by atoms with Crippen LogP contribution in [0.5, 0.6) is 0 Å². The smallest absolute Gasteiger partial charge is 0.260 e. The molecule has 0 aromatic heterocycles. The molecule has 1 aromatic carbocycles. The van der Waals surface area contributed by atoms with Crippen LogP contribution in [0.3, 0.4) is 0 Å². The van der Waals surface area contributed by atoms with Gasteiger partial charge in [-0.25, -0.2) is 4.39 Å². The minimum Gasteiger partial charge on any atom is -0.385 e. The Kier molecular flexibility index (Phi) is 6.96. The zero-order valence-electron chi connectivity index (χ0n) is 22.1. The van der Waals surface area contributed by atoms with E-state index in [1.807, 2.05) is 0 Å². The van der Waals surface area contributed by atoms with Gasteiger partial charge in [-0.2, -0.15) is 0 Å². The highest BCUT2D eigenvalue weighted by molar-refractivity contribution is 5.96. The molecule has 3 fully saturated rings. The Morgan fingerprint density at radius 3 is 2.68 bits per heavy atom. The van der Waals surface area contributed by atoms with Crippen molar-refractivity contribution in [2.45, 2.75) is 77.2 Å². The molecular weight excluding hydrogens is 467 g/mol. The van der Waals surface area contributed by atoms with Gasteiger partial charge in [-0.15, -0.1) is 6.42 Å².